The van der Waals surface area contributed by atoms with E-state index in [0.29, 0.717) is 5.75 Å². The summed E-state index contributed by atoms with van der Waals surface area (Å²) < 4.78 is 5.40. The Morgan fingerprint density at radius 1 is 1.12 bits per heavy atom. The number of methoxy groups -OCH3 is 1. The predicted octanol–water partition coefficient (Wildman–Crippen LogP) is 4.84. The van der Waals surface area contributed by atoms with Gasteiger partial charge in [0, 0.05) is 10.9 Å². The highest BCUT2D eigenvalue weighted by Crippen LogP contribution is 2.29. The minimum atomic E-state index is 0.111. The van der Waals surface area contributed by atoms with Crippen LogP contribution in [0, 0.1) is 13.8 Å². The number of thioether (sulfide) groups is 1. The van der Waals surface area contributed by atoms with Crippen LogP contribution >= 0.6 is 11.8 Å². The lowest BCUT2D eigenvalue weighted by Gasteiger charge is -2.09. The fourth-order valence-corrected chi connectivity index (χ4v) is 3.42. The summed E-state index contributed by atoms with van der Waals surface area (Å²) in [5.74, 6) is 1.23. The standard InChI is InChI=1S/C20H19NO2S/c1-13-7-9-15(10-8-13)17(22)12-24-19-11-14(2)16-5-4-6-18(23-3)20(16)21-19/h4-11H,12H2,1-3H3. The minimum Gasteiger partial charge on any atom is -0.494 e. The quantitative estimate of drug-likeness (QED) is 0.493. The number of carbonyl (C=O) groups is 1. The number of fused-ring (bicyclic) bond motifs is 1. The predicted molar refractivity (Wildman–Crippen MR) is 99.3 cm³/mol. The van der Waals surface area contributed by atoms with Gasteiger partial charge in [0.1, 0.15) is 11.3 Å². The smallest absolute Gasteiger partial charge is 0.173 e. The molecule has 0 unspecified atom stereocenters. The number of carbonyl (C=O) groups excluding carboxylic acids is 1. The largest absolute Gasteiger partial charge is 0.494 e. The van der Waals surface area contributed by atoms with Crippen molar-refractivity contribution in [3.63, 3.8) is 0 Å². The van der Waals surface area contributed by atoms with Gasteiger partial charge in [-0.3, -0.25) is 4.79 Å². The molecule has 0 aliphatic rings. The van der Waals surface area contributed by atoms with Crippen molar-refractivity contribution >= 4 is 28.4 Å². The van der Waals surface area contributed by atoms with E-state index in [1.165, 1.54) is 11.8 Å². The lowest BCUT2D eigenvalue weighted by molar-refractivity contribution is 0.102. The first-order valence-corrected chi connectivity index (χ1v) is 8.74. The maximum atomic E-state index is 12.3. The van der Waals surface area contributed by atoms with Crippen molar-refractivity contribution < 1.29 is 9.53 Å². The second kappa shape index (κ2) is 7.05. The number of benzene rings is 2. The number of aromatic nitrogens is 1. The van der Waals surface area contributed by atoms with Gasteiger partial charge in [0.05, 0.1) is 17.9 Å². The van der Waals surface area contributed by atoms with E-state index < -0.39 is 0 Å². The van der Waals surface area contributed by atoms with Crippen LogP contribution in [0.3, 0.4) is 0 Å². The van der Waals surface area contributed by atoms with Crippen molar-refractivity contribution in [2.24, 2.45) is 0 Å². The van der Waals surface area contributed by atoms with Crippen molar-refractivity contribution in [2.75, 3.05) is 12.9 Å². The molecular weight excluding hydrogens is 318 g/mol. The number of pyridine rings is 1. The molecule has 1 aromatic heterocycles. The second-order valence-electron chi connectivity index (χ2n) is 5.71. The van der Waals surface area contributed by atoms with E-state index in [-0.39, 0.29) is 5.78 Å². The number of ketones is 1. The van der Waals surface area contributed by atoms with Gasteiger partial charge < -0.3 is 4.74 Å². The molecule has 0 aliphatic heterocycles. The van der Waals surface area contributed by atoms with E-state index in [9.17, 15) is 4.79 Å². The topological polar surface area (TPSA) is 39.2 Å². The number of hydrogen-bond acceptors (Lipinski definition) is 4. The van der Waals surface area contributed by atoms with Gasteiger partial charge in [0.2, 0.25) is 0 Å². The highest BCUT2D eigenvalue weighted by molar-refractivity contribution is 7.99. The molecule has 122 valence electrons. The Morgan fingerprint density at radius 2 is 1.88 bits per heavy atom. The molecule has 0 aliphatic carbocycles. The van der Waals surface area contributed by atoms with E-state index in [2.05, 4.69) is 11.9 Å². The molecule has 0 saturated carbocycles. The second-order valence-corrected chi connectivity index (χ2v) is 6.71. The number of para-hydroxylation sites is 1. The zero-order chi connectivity index (χ0) is 17.1. The van der Waals surface area contributed by atoms with Crippen LogP contribution in [0.1, 0.15) is 21.5 Å². The number of Topliss-reactive ketones (excluding diaryl/α,β-unsaturated/α-hetero) is 1. The number of nitrogens with zero attached hydrogens (tertiary/aromatic N) is 1. The summed E-state index contributed by atoms with van der Waals surface area (Å²) in [4.78, 5) is 17.0. The summed E-state index contributed by atoms with van der Waals surface area (Å²) in [6, 6.07) is 15.6. The monoisotopic (exact) mass is 337 g/mol. The Hall–Kier alpha value is -2.33. The van der Waals surface area contributed by atoms with Crippen LogP contribution in [-0.4, -0.2) is 23.6 Å². The molecule has 0 spiro atoms. The molecule has 1 heterocycles. The van der Waals surface area contributed by atoms with Crippen molar-refractivity contribution in [3.8, 4) is 5.75 Å². The van der Waals surface area contributed by atoms with E-state index in [4.69, 9.17) is 4.74 Å². The summed E-state index contributed by atoms with van der Waals surface area (Å²) in [6.07, 6.45) is 0. The first kappa shape index (κ1) is 16.5. The normalized spacial score (nSPS) is 10.8. The Morgan fingerprint density at radius 3 is 2.58 bits per heavy atom. The number of hydrogen-bond donors (Lipinski definition) is 0. The van der Waals surface area contributed by atoms with Crippen LogP contribution in [0.4, 0.5) is 0 Å². The minimum absolute atomic E-state index is 0.111. The fourth-order valence-electron chi connectivity index (χ4n) is 2.56. The average Bonchev–Trinajstić information content (AvgIpc) is 2.60. The van der Waals surface area contributed by atoms with Gasteiger partial charge in [-0.1, -0.05) is 53.7 Å². The summed E-state index contributed by atoms with van der Waals surface area (Å²) in [5.41, 5.74) is 3.86. The molecule has 24 heavy (non-hydrogen) atoms. The maximum Gasteiger partial charge on any atom is 0.173 e. The molecule has 0 bridgehead atoms. The molecule has 3 aromatic rings. The van der Waals surface area contributed by atoms with E-state index in [1.54, 1.807) is 7.11 Å². The Kier molecular flexibility index (Phi) is 4.86. The van der Waals surface area contributed by atoms with Crippen LogP contribution in [0.2, 0.25) is 0 Å². The van der Waals surface area contributed by atoms with E-state index >= 15 is 0 Å². The van der Waals surface area contributed by atoms with Gasteiger partial charge in [-0.2, -0.15) is 0 Å². The third-order valence-electron chi connectivity index (χ3n) is 3.93. The van der Waals surface area contributed by atoms with E-state index in [0.717, 1.165) is 38.4 Å². The molecule has 3 rings (SSSR count). The lowest BCUT2D eigenvalue weighted by Crippen LogP contribution is -2.02. The van der Waals surface area contributed by atoms with Crippen LogP contribution in [0.15, 0.2) is 53.6 Å². The summed E-state index contributed by atoms with van der Waals surface area (Å²) in [6.45, 7) is 4.06. The number of rotatable bonds is 5. The number of aryl methyl sites for hydroxylation is 2. The van der Waals surface area contributed by atoms with Crippen LogP contribution in [-0.2, 0) is 0 Å². The van der Waals surface area contributed by atoms with Crippen molar-refractivity contribution in [2.45, 2.75) is 18.9 Å². The summed E-state index contributed by atoms with van der Waals surface area (Å²) in [5, 5.41) is 1.91. The van der Waals surface area contributed by atoms with E-state index in [1.807, 2.05) is 55.5 Å². The Balaban J connectivity index is 1.82. The van der Waals surface area contributed by atoms with Crippen LogP contribution in [0.25, 0.3) is 10.9 Å². The molecular formula is C20H19NO2S. The van der Waals surface area contributed by atoms with Crippen molar-refractivity contribution in [1.82, 2.24) is 4.98 Å². The van der Waals surface area contributed by atoms with Gasteiger partial charge in [0.25, 0.3) is 0 Å². The Labute approximate surface area is 146 Å². The Bertz CT molecular complexity index is 888. The first-order chi connectivity index (χ1) is 11.6. The van der Waals surface area contributed by atoms with Gasteiger partial charge >= 0.3 is 0 Å². The molecule has 0 saturated heterocycles. The molecule has 0 amide bonds. The fraction of sp³-hybridized carbons (Fsp3) is 0.200. The molecule has 2 aromatic carbocycles. The molecule has 3 nitrogen and oxygen atoms in total. The molecule has 4 heteroatoms. The van der Waals surface area contributed by atoms with Gasteiger partial charge in [-0.25, -0.2) is 4.98 Å². The zero-order valence-corrected chi connectivity index (χ0v) is 14.8. The number of ether oxygens (including phenoxy) is 1. The average molecular weight is 337 g/mol. The lowest BCUT2D eigenvalue weighted by atomic mass is 10.1. The van der Waals surface area contributed by atoms with Crippen LogP contribution in [0.5, 0.6) is 5.75 Å². The molecule has 0 radical (unpaired) electrons. The molecule has 0 N–H and O–H groups in total. The zero-order valence-electron chi connectivity index (χ0n) is 14.0. The van der Waals surface area contributed by atoms with Gasteiger partial charge in [0.15, 0.2) is 5.78 Å². The third-order valence-corrected chi connectivity index (χ3v) is 4.84. The SMILES string of the molecule is COc1cccc2c(C)cc(SCC(=O)c3ccc(C)cc3)nc12. The highest BCUT2D eigenvalue weighted by Gasteiger charge is 2.11. The van der Waals surface area contributed by atoms with Crippen molar-refractivity contribution in [1.29, 1.82) is 0 Å². The third kappa shape index (κ3) is 3.44. The maximum absolute atomic E-state index is 12.3. The summed E-state index contributed by atoms with van der Waals surface area (Å²) in [7, 11) is 1.65. The molecule has 0 atom stereocenters. The van der Waals surface area contributed by atoms with Gasteiger partial charge in [-0.05, 0) is 31.5 Å². The molecule has 0 fully saturated rings. The highest BCUT2D eigenvalue weighted by atomic mass is 32.2. The van der Waals surface area contributed by atoms with Crippen LogP contribution < -0.4 is 4.74 Å². The first-order valence-electron chi connectivity index (χ1n) is 7.75. The summed E-state index contributed by atoms with van der Waals surface area (Å²) >= 11 is 1.46. The van der Waals surface area contributed by atoms with Crippen molar-refractivity contribution in [3.05, 3.63) is 65.2 Å². The van der Waals surface area contributed by atoms with Gasteiger partial charge in [-0.15, -0.1) is 0 Å².